The Morgan fingerprint density at radius 2 is 1.89 bits per heavy atom. The first-order valence-electron chi connectivity index (χ1n) is 10.2. The average molecular weight is 399 g/mol. The summed E-state index contributed by atoms with van der Waals surface area (Å²) in [7, 11) is 0. The number of hydrogen-bond donors (Lipinski definition) is 1. The monoisotopic (exact) mass is 398 g/mol. The molecule has 28 heavy (non-hydrogen) atoms. The van der Waals surface area contributed by atoms with Crippen molar-refractivity contribution in [1.29, 1.82) is 0 Å². The lowest BCUT2D eigenvalue weighted by atomic mass is 9.79. The second-order valence-electron chi connectivity index (χ2n) is 8.88. The van der Waals surface area contributed by atoms with Crippen molar-refractivity contribution < 1.29 is 4.79 Å². The van der Waals surface area contributed by atoms with Gasteiger partial charge in [-0.1, -0.05) is 56.3 Å². The minimum absolute atomic E-state index is 0. The van der Waals surface area contributed by atoms with Crippen LogP contribution in [0.3, 0.4) is 0 Å². The third-order valence-electron chi connectivity index (χ3n) is 6.38. The maximum Gasteiger partial charge on any atom is 0.222 e. The normalized spacial score (nSPS) is 19.5. The second kappa shape index (κ2) is 8.26. The molecule has 1 saturated heterocycles. The number of benzene rings is 2. The third-order valence-corrected chi connectivity index (χ3v) is 6.38. The zero-order chi connectivity index (χ0) is 19.0. The zero-order valence-electron chi connectivity index (χ0n) is 16.9. The first kappa shape index (κ1) is 20.9. The second-order valence-corrected chi connectivity index (χ2v) is 8.88. The van der Waals surface area contributed by atoms with Crippen molar-refractivity contribution in [3.8, 4) is 11.1 Å². The largest absolute Gasteiger partial charge is 0.342 e. The van der Waals surface area contributed by atoms with Crippen LogP contribution in [0, 0.1) is 5.41 Å². The molecule has 1 amide bonds. The molecule has 4 rings (SSSR count). The summed E-state index contributed by atoms with van der Waals surface area (Å²) < 4.78 is 0. The van der Waals surface area contributed by atoms with Crippen molar-refractivity contribution in [1.82, 2.24) is 4.90 Å². The predicted molar refractivity (Wildman–Crippen MR) is 118 cm³/mol. The SMILES string of the molecule is CC1(C)CN(C(=O)CCCc2ccc3c(c2)-c2ccccc2C3)CCC1N.Cl. The number of hydrogen-bond acceptors (Lipinski definition) is 2. The van der Waals surface area contributed by atoms with E-state index in [0.29, 0.717) is 6.42 Å². The predicted octanol–water partition coefficient (Wildman–Crippen LogP) is 4.59. The number of rotatable bonds is 4. The molecule has 1 heterocycles. The Hall–Kier alpha value is -1.84. The van der Waals surface area contributed by atoms with Crippen molar-refractivity contribution in [3.63, 3.8) is 0 Å². The van der Waals surface area contributed by atoms with Gasteiger partial charge in [-0.25, -0.2) is 0 Å². The highest BCUT2D eigenvalue weighted by molar-refractivity contribution is 5.85. The van der Waals surface area contributed by atoms with E-state index in [1.54, 1.807) is 0 Å². The Morgan fingerprint density at radius 3 is 2.68 bits per heavy atom. The van der Waals surface area contributed by atoms with Crippen LogP contribution in [0.2, 0.25) is 0 Å². The molecule has 2 aromatic rings. The maximum atomic E-state index is 12.6. The molecular formula is C24H31ClN2O. The number of halogens is 1. The zero-order valence-corrected chi connectivity index (χ0v) is 17.7. The highest BCUT2D eigenvalue weighted by atomic mass is 35.5. The van der Waals surface area contributed by atoms with Gasteiger partial charge in [0, 0.05) is 25.6 Å². The van der Waals surface area contributed by atoms with Crippen molar-refractivity contribution >= 4 is 18.3 Å². The first-order chi connectivity index (χ1) is 12.9. The minimum atomic E-state index is 0. The van der Waals surface area contributed by atoms with Crippen LogP contribution in [0.25, 0.3) is 11.1 Å². The molecular weight excluding hydrogens is 368 g/mol. The van der Waals surface area contributed by atoms with Crippen LogP contribution in [-0.4, -0.2) is 29.9 Å². The van der Waals surface area contributed by atoms with E-state index in [1.807, 2.05) is 4.90 Å². The Morgan fingerprint density at radius 1 is 1.14 bits per heavy atom. The van der Waals surface area contributed by atoms with Gasteiger partial charge in [0.2, 0.25) is 5.91 Å². The van der Waals surface area contributed by atoms with Crippen LogP contribution in [0.4, 0.5) is 0 Å². The Bertz CT molecular complexity index is 861. The first-order valence-corrected chi connectivity index (χ1v) is 10.2. The van der Waals surface area contributed by atoms with Gasteiger partial charge in [-0.05, 0) is 58.9 Å². The van der Waals surface area contributed by atoms with Crippen LogP contribution in [0.5, 0.6) is 0 Å². The van der Waals surface area contributed by atoms with Gasteiger partial charge < -0.3 is 10.6 Å². The average Bonchev–Trinajstić information content (AvgIpc) is 3.02. The number of amides is 1. The lowest BCUT2D eigenvalue weighted by Gasteiger charge is -2.42. The van der Waals surface area contributed by atoms with Gasteiger partial charge in [-0.3, -0.25) is 4.79 Å². The number of piperidine rings is 1. The lowest BCUT2D eigenvalue weighted by Crippen LogP contribution is -2.53. The minimum Gasteiger partial charge on any atom is -0.342 e. The number of nitrogens with two attached hydrogens (primary N) is 1. The summed E-state index contributed by atoms with van der Waals surface area (Å²) in [5.41, 5.74) is 13.1. The van der Waals surface area contributed by atoms with Gasteiger partial charge >= 0.3 is 0 Å². The molecule has 1 atom stereocenters. The molecule has 1 aliphatic heterocycles. The van der Waals surface area contributed by atoms with E-state index < -0.39 is 0 Å². The quantitative estimate of drug-likeness (QED) is 0.698. The van der Waals surface area contributed by atoms with Gasteiger partial charge in [0.1, 0.15) is 0 Å². The topological polar surface area (TPSA) is 46.3 Å². The van der Waals surface area contributed by atoms with Crippen molar-refractivity contribution in [2.45, 2.75) is 52.0 Å². The van der Waals surface area contributed by atoms with Crippen LogP contribution in [-0.2, 0) is 17.6 Å². The summed E-state index contributed by atoms with van der Waals surface area (Å²) >= 11 is 0. The molecule has 3 nitrogen and oxygen atoms in total. The molecule has 1 unspecified atom stereocenters. The van der Waals surface area contributed by atoms with E-state index in [-0.39, 0.29) is 29.8 Å². The summed E-state index contributed by atoms with van der Waals surface area (Å²) in [6.07, 6.45) is 4.43. The standard InChI is InChI=1S/C24H30N2O.ClH/c1-24(2)16-26(13-12-22(24)25)23(27)9-5-6-17-10-11-19-15-18-7-3-4-8-20(18)21(19)14-17;/h3-4,7-8,10-11,14,22H,5-6,9,12-13,15-16,25H2,1-2H3;1H. The van der Waals surface area contributed by atoms with Crippen molar-refractivity contribution in [2.75, 3.05) is 13.1 Å². The van der Waals surface area contributed by atoms with E-state index >= 15 is 0 Å². The molecule has 2 aromatic carbocycles. The van der Waals surface area contributed by atoms with Crippen LogP contribution in [0.15, 0.2) is 42.5 Å². The van der Waals surface area contributed by atoms with Crippen LogP contribution < -0.4 is 5.73 Å². The lowest BCUT2D eigenvalue weighted by molar-refractivity contribution is -0.134. The number of fused-ring (bicyclic) bond motifs is 3. The van der Waals surface area contributed by atoms with Crippen LogP contribution >= 0.6 is 12.4 Å². The third kappa shape index (κ3) is 4.11. The summed E-state index contributed by atoms with van der Waals surface area (Å²) in [4.78, 5) is 14.6. The number of carbonyl (C=O) groups is 1. The van der Waals surface area contributed by atoms with Gasteiger partial charge in [0.15, 0.2) is 0 Å². The van der Waals surface area contributed by atoms with E-state index in [9.17, 15) is 4.79 Å². The molecule has 0 saturated carbocycles. The summed E-state index contributed by atoms with van der Waals surface area (Å²) in [6.45, 7) is 5.92. The fourth-order valence-electron chi connectivity index (χ4n) is 4.52. The smallest absolute Gasteiger partial charge is 0.222 e. The van der Waals surface area contributed by atoms with Crippen LogP contribution in [0.1, 0.15) is 49.8 Å². The molecule has 1 fully saturated rings. The molecule has 0 bridgehead atoms. The highest BCUT2D eigenvalue weighted by Crippen LogP contribution is 2.37. The molecule has 0 aromatic heterocycles. The maximum absolute atomic E-state index is 12.6. The van der Waals surface area contributed by atoms with Gasteiger partial charge in [0.05, 0.1) is 0 Å². The summed E-state index contributed by atoms with van der Waals surface area (Å²) in [5, 5.41) is 0. The van der Waals surface area contributed by atoms with Crippen molar-refractivity contribution in [2.24, 2.45) is 11.1 Å². The number of aryl methyl sites for hydroxylation is 1. The Kier molecular flexibility index (Phi) is 6.16. The summed E-state index contributed by atoms with van der Waals surface area (Å²) in [6, 6.07) is 15.7. The molecule has 2 N–H and O–H groups in total. The Balaban J connectivity index is 0.00000225. The molecule has 150 valence electrons. The van der Waals surface area contributed by atoms with Gasteiger partial charge in [-0.15, -0.1) is 12.4 Å². The number of likely N-dealkylation sites (tertiary alicyclic amines) is 1. The molecule has 4 heteroatoms. The number of nitrogens with zero attached hydrogens (tertiary/aromatic N) is 1. The fraction of sp³-hybridized carbons (Fsp3) is 0.458. The van der Waals surface area contributed by atoms with Crippen molar-refractivity contribution in [3.05, 3.63) is 59.2 Å². The molecule has 0 radical (unpaired) electrons. The number of carbonyl (C=O) groups excluding carboxylic acids is 1. The molecule has 2 aliphatic rings. The van der Waals surface area contributed by atoms with Gasteiger partial charge in [-0.2, -0.15) is 0 Å². The Labute approximate surface area is 174 Å². The molecule has 0 spiro atoms. The van der Waals surface area contributed by atoms with E-state index in [2.05, 4.69) is 56.3 Å². The molecule has 1 aliphatic carbocycles. The van der Waals surface area contributed by atoms with E-state index in [0.717, 1.165) is 38.8 Å². The summed E-state index contributed by atoms with van der Waals surface area (Å²) in [5.74, 6) is 0.279. The fourth-order valence-corrected chi connectivity index (χ4v) is 4.52. The van der Waals surface area contributed by atoms with Gasteiger partial charge in [0.25, 0.3) is 0 Å². The van der Waals surface area contributed by atoms with E-state index in [1.165, 1.54) is 27.8 Å². The highest BCUT2D eigenvalue weighted by Gasteiger charge is 2.35. The van der Waals surface area contributed by atoms with E-state index in [4.69, 9.17) is 5.73 Å².